The number of ether oxygens (including phenoxy) is 1. The van der Waals surface area contributed by atoms with Gasteiger partial charge >= 0.3 is 12.1 Å². The maximum Gasteiger partial charge on any atom is 0.407 e. The number of carbonyl (C=O) groups excluding carboxylic acids is 1. The Morgan fingerprint density at radius 2 is 1.84 bits per heavy atom. The third-order valence-electron chi connectivity index (χ3n) is 2.55. The number of nitrogens with one attached hydrogen (secondary N) is 1. The lowest BCUT2D eigenvalue weighted by Gasteiger charge is -2.09. The summed E-state index contributed by atoms with van der Waals surface area (Å²) in [5.74, 6) is -1.63. The summed E-state index contributed by atoms with van der Waals surface area (Å²) in [7, 11) is 0. The second-order valence-electron chi connectivity index (χ2n) is 4.17. The highest BCUT2D eigenvalue weighted by Crippen LogP contribution is 2.05. The predicted molar refractivity (Wildman–Crippen MR) is 67.4 cm³/mol. The molecule has 0 saturated carbocycles. The van der Waals surface area contributed by atoms with Crippen molar-refractivity contribution in [3.05, 3.63) is 35.4 Å². The zero-order valence-electron chi connectivity index (χ0n) is 10.6. The molecule has 1 aromatic carbocycles. The maximum absolute atomic E-state index is 11.3. The van der Waals surface area contributed by atoms with Gasteiger partial charge in [0.15, 0.2) is 0 Å². The summed E-state index contributed by atoms with van der Waals surface area (Å²) >= 11 is 0. The molecule has 0 aromatic heterocycles. The number of benzene rings is 1. The minimum absolute atomic E-state index is 0.0254. The van der Waals surface area contributed by atoms with Crippen molar-refractivity contribution < 1.29 is 24.5 Å². The minimum atomic E-state index is -0.972. The Bertz CT molecular complexity index is 429. The van der Waals surface area contributed by atoms with E-state index in [1.807, 2.05) is 0 Å². The third-order valence-corrected chi connectivity index (χ3v) is 2.55. The summed E-state index contributed by atoms with van der Waals surface area (Å²) in [6.45, 7) is 1.58. The molecule has 0 bridgehead atoms. The summed E-state index contributed by atoms with van der Waals surface area (Å²) in [6.07, 6.45) is -0.653. The SMILES string of the molecule is CC(CNC(=O)OCc1ccc(CO)cc1)C(=O)O. The Balaban J connectivity index is 2.31. The molecule has 0 heterocycles. The van der Waals surface area contributed by atoms with Crippen LogP contribution < -0.4 is 5.32 Å². The van der Waals surface area contributed by atoms with Crippen molar-refractivity contribution in [2.45, 2.75) is 20.1 Å². The molecule has 0 aliphatic carbocycles. The molecule has 0 fully saturated rings. The molecule has 1 unspecified atom stereocenters. The first-order valence-corrected chi connectivity index (χ1v) is 5.85. The second-order valence-corrected chi connectivity index (χ2v) is 4.17. The van der Waals surface area contributed by atoms with Crippen molar-refractivity contribution in [2.75, 3.05) is 6.54 Å². The van der Waals surface area contributed by atoms with E-state index in [1.54, 1.807) is 24.3 Å². The number of carboxylic acid groups (broad SMARTS) is 1. The molecule has 0 aliphatic rings. The van der Waals surface area contributed by atoms with Gasteiger partial charge in [-0.25, -0.2) is 4.79 Å². The lowest BCUT2D eigenvalue weighted by Crippen LogP contribution is -2.31. The van der Waals surface area contributed by atoms with Gasteiger partial charge in [-0.15, -0.1) is 0 Å². The molecular weight excluding hydrogens is 250 g/mol. The summed E-state index contributed by atoms with van der Waals surface area (Å²) in [5, 5.41) is 19.9. The average Bonchev–Trinajstić information content (AvgIpc) is 2.42. The minimum Gasteiger partial charge on any atom is -0.481 e. The van der Waals surface area contributed by atoms with Crippen LogP contribution in [-0.2, 0) is 22.7 Å². The largest absolute Gasteiger partial charge is 0.481 e. The van der Waals surface area contributed by atoms with Crippen LogP contribution in [0.4, 0.5) is 4.79 Å². The smallest absolute Gasteiger partial charge is 0.407 e. The van der Waals surface area contributed by atoms with Crippen LogP contribution in [0.25, 0.3) is 0 Å². The van der Waals surface area contributed by atoms with Crippen LogP contribution in [-0.4, -0.2) is 28.8 Å². The highest BCUT2D eigenvalue weighted by atomic mass is 16.5. The van der Waals surface area contributed by atoms with Crippen molar-refractivity contribution in [1.29, 1.82) is 0 Å². The van der Waals surface area contributed by atoms with Gasteiger partial charge in [0.2, 0.25) is 0 Å². The topological polar surface area (TPSA) is 95.9 Å². The summed E-state index contributed by atoms with van der Waals surface area (Å²) < 4.78 is 4.93. The molecule has 0 aliphatic heterocycles. The van der Waals surface area contributed by atoms with E-state index in [-0.39, 0.29) is 19.8 Å². The lowest BCUT2D eigenvalue weighted by molar-refractivity contribution is -0.140. The van der Waals surface area contributed by atoms with E-state index in [4.69, 9.17) is 14.9 Å². The van der Waals surface area contributed by atoms with Gasteiger partial charge in [0.05, 0.1) is 12.5 Å². The number of hydrogen-bond acceptors (Lipinski definition) is 4. The Kier molecular flexibility index (Phi) is 5.81. The fourth-order valence-corrected chi connectivity index (χ4v) is 1.26. The van der Waals surface area contributed by atoms with Crippen molar-refractivity contribution in [2.24, 2.45) is 5.92 Å². The fraction of sp³-hybridized carbons (Fsp3) is 0.385. The maximum atomic E-state index is 11.3. The Labute approximate surface area is 111 Å². The molecular formula is C13H17NO5. The number of amides is 1. The van der Waals surface area contributed by atoms with Crippen molar-refractivity contribution in [1.82, 2.24) is 5.32 Å². The molecule has 1 aromatic rings. The van der Waals surface area contributed by atoms with Gasteiger partial charge < -0.3 is 20.3 Å². The summed E-state index contributed by atoms with van der Waals surface area (Å²) in [5.41, 5.74) is 1.57. The molecule has 104 valence electrons. The highest BCUT2D eigenvalue weighted by molar-refractivity contribution is 5.72. The zero-order valence-corrected chi connectivity index (χ0v) is 10.6. The van der Waals surface area contributed by atoms with E-state index in [0.717, 1.165) is 11.1 Å². The predicted octanol–water partition coefficient (Wildman–Crippen LogP) is 1.13. The van der Waals surface area contributed by atoms with Gasteiger partial charge in [-0.1, -0.05) is 31.2 Å². The van der Waals surface area contributed by atoms with Crippen LogP contribution >= 0.6 is 0 Å². The van der Waals surface area contributed by atoms with Gasteiger partial charge in [0.25, 0.3) is 0 Å². The monoisotopic (exact) mass is 267 g/mol. The lowest BCUT2D eigenvalue weighted by atomic mass is 10.1. The molecule has 3 N–H and O–H groups in total. The van der Waals surface area contributed by atoms with Gasteiger partial charge in [0.1, 0.15) is 6.61 Å². The third kappa shape index (κ3) is 5.39. The van der Waals surface area contributed by atoms with E-state index in [1.165, 1.54) is 6.92 Å². The van der Waals surface area contributed by atoms with E-state index in [0.29, 0.717) is 0 Å². The molecule has 0 radical (unpaired) electrons. The van der Waals surface area contributed by atoms with E-state index in [9.17, 15) is 9.59 Å². The normalized spacial score (nSPS) is 11.7. The highest BCUT2D eigenvalue weighted by Gasteiger charge is 2.12. The molecule has 0 saturated heterocycles. The Morgan fingerprint density at radius 1 is 1.26 bits per heavy atom. The zero-order chi connectivity index (χ0) is 14.3. The van der Waals surface area contributed by atoms with Crippen molar-refractivity contribution >= 4 is 12.1 Å². The number of carboxylic acids is 1. The first-order valence-electron chi connectivity index (χ1n) is 5.85. The van der Waals surface area contributed by atoms with Gasteiger partial charge in [-0.05, 0) is 11.1 Å². The number of rotatable bonds is 6. The number of aliphatic hydroxyl groups is 1. The number of carbonyl (C=O) groups is 2. The summed E-state index contributed by atoms with van der Waals surface area (Å²) in [4.78, 5) is 21.8. The molecule has 1 amide bonds. The second kappa shape index (κ2) is 7.38. The van der Waals surface area contributed by atoms with Crippen LogP contribution in [0.15, 0.2) is 24.3 Å². The fourth-order valence-electron chi connectivity index (χ4n) is 1.26. The number of alkyl carbamates (subject to hydrolysis) is 1. The first kappa shape index (κ1) is 15.0. The van der Waals surface area contributed by atoms with Gasteiger partial charge in [-0.2, -0.15) is 0 Å². The number of aliphatic carboxylic acids is 1. The standard InChI is InChI=1S/C13H17NO5/c1-9(12(16)17)6-14-13(18)19-8-11-4-2-10(7-15)3-5-11/h2-5,9,15H,6-8H2,1H3,(H,14,18)(H,16,17). The number of aliphatic hydroxyl groups excluding tert-OH is 1. The molecule has 6 heteroatoms. The van der Waals surface area contributed by atoms with E-state index in [2.05, 4.69) is 5.32 Å². The Morgan fingerprint density at radius 3 is 2.37 bits per heavy atom. The molecule has 19 heavy (non-hydrogen) atoms. The molecule has 0 spiro atoms. The molecule has 1 atom stereocenters. The quantitative estimate of drug-likeness (QED) is 0.718. The first-order chi connectivity index (χ1) is 9.02. The number of hydrogen-bond donors (Lipinski definition) is 3. The van der Waals surface area contributed by atoms with Crippen molar-refractivity contribution in [3.63, 3.8) is 0 Å². The van der Waals surface area contributed by atoms with Crippen LogP contribution in [0.5, 0.6) is 0 Å². The van der Waals surface area contributed by atoms with Crippen LogP contribution in [0.1, 0.15) is 18.1 Å². The Hall–Kier alpha value is -2.08. The molecule has 6 nitrogen and oxygen atoms in total. The van der Waals surface area contributed by atoms with E-state index >= 15 is 0 Å². The van der Waals surface area contributed by atoms with Crippen molar-refractivity contribution in [3.8, 4) is 0 Å². The van der Waals surface area contributed by atoms with Crippen LogP contribution in [0, 0.1) is 5.92 Å². The van der Waals surface area contributed by atoms with Crippen LogP contribution in [0.3, 0.4) is 0 Å². The van der Waals surface area contributed by atoms with Crippen LogP contribution in [0.2, 0.25) is 0 Å². The molecule has 1 rings (SSSR count). The van der Waals surface area contributed by atoms with Gasteiger partial charge in [-0.3, -0.25) is 4.79 Å². The summed E-state index contributed by atoms with van der Waals surface area (Å²) in [6, 6.07) is 6.98. The van der Waals surface area contributed by atoms with Gasteiger partial charge in [0, 0.05) is 6.54 Å². The average molecular weight is 267 g/mol. The van der Waals surface area contributed by atoms with E-state index < -0.39 is 18.0 Å².